The molecule has 0 radical (unpaired) electrons. The molecule has 0 aliphatic carbocycles. The van der Waals surface area contributed by atoms with Crippen LogP contribution in [0.2, 0.25) is 0 Å². The van der Waals surface area contributed by atoms with Crippen LogP contribution in [0.1, 0.15) is 54.3 Å². The molecular weight excluding hydrogens is 360 g/mol. The zero-order valence-electron chi connectivity index (χ0n) is 16.4. The van der Waals surface area contributed by atoms with Crippen LogP contribution >= 0.6 is 0 Å². The highest BCUT2D eigenvalue weighted by Gasteiger charge is 2.15. The third kappa shape index (κ3) is 5.49. The monoisotopic (exact) mass is 386 g/mol. The molecule has 6 nitrogen and oxygen atoms in total. The Morgan fingerprint density at radius 1 is 0.821 bits per heavy atom. The number of hydrogen-bond acceptors (Lipinski definition) is 6. The number of rotatable bonds is 10. The van der Waals surface area contributed by atoms with Crippen LogP contribution < -0.4 is 9.47 Å². The summed E-state index contributed by atoms with van der Waals surface area (Å²) in [6, 6.07) is 9.51. The average molecular weight is 386 g/mol. The zero-order valence-corrected chi connectivity index (χ0v) is 16.4. The van der Waals surface area contributed by atoms with Gasteiger partial charge in [-0.2, -0.15) is 0 Å². The Morgan fingerprint density at radius 2 is 1.21 bits per heavy atom. The number of phenols is 2. The van der Waals surface area contributed by atoms with E-state index in [0.29, 0.717) is 24.7 Å². The van der Waals surface area contributed by atoms with Gasteiger partial charge in [0.15, 0.2) is 11.6 Å². The molecule has 6 heteroatoms. The summed E-state index contributed by atoms with van der Waals surface area (Å²) in [4.78, 5) is 23.3. The van der Waals surface area contributed by atoms with Crippen molar-refractivity contribution >= 4 is 11.6 Å². The fourth-order valence-corrected chi connectivity index (χ4v) is 2.87. The Morgan fingerprint density at radius 3 is 1.57 bits per heavy atom. The first-order valence-corrected chi connectivity index (χ1v) is 9.22. The second-order valence-electron chi connectivity index (χ2n) is 6.79. The number of ether oxygens (including phenoxy) is 2. The van der Waals surface area contributed by atoms with Crippen molar-refractivity contribution in [3.63, 3.8) is 0 Å². The van der Waals surface area contributed by atoms with Crippen LogP contribution in [0.4, 0.5) is 0 Å². The summed E-state index contributed by atoms with van der Waals surface area (Å²) in [5.41, 5.74) is 0.387. The topological polar surface area (TPSA) is 93.1 Å². The van der Waals surface area contributed by atoms with E-state index in [1.165, 1.54) is 26.0 Å². The minimum Gasteiger partial charge on any atom is -0.507 e. The Balaban J connectivity index is 1.83. The molecule has 0 atom stereocenters. The van der Waals surface area contributed by atoms with Crippen LogP contribution in [0.3, 0.4) is 0 Å². The second-order valence-corrected chi connectivity index (χ2v) is 6.79. The van der Waals surface area contributed by atoms with Gasteiger partial charge in [0.05, 0.1) is 13.2 Å². The van der Waals surface area contributed by atoms with Crippen LogP contribution in [-0.2, 0) is 0 Å². The van der Waals surface area contributed by atoms with Crippen molar-refractivity contribution in [2.24, 2.45) is 5.92 Å². The van der Waals surface area contributed by atoms with E-state index >= 15 is 0 Å². The van der Waals surface area contributed by atoms with Gasteiger partial charge in [0.1, 0.15) is 34.1 Å². The molecule has 0 amide bonds. The molecule has 0 saturated carbocycles. The predicted molar refractivity (Wildman–Crippen MR) is 106 cm³/mol. The highest BCUT2D eigenvalue weighted by Crippen LogP contribution is 2.29. The van der Waals surface area contributed by atoms with Gasteiger partial charge in [0.25, 0.3) is 0 Å². The lowest BCUT2D eigenvalue weighted by Gasteiger charge is -2.15. The van der Waals surface area contributed by atoms with Crippen LogP contribution in [0.5, 0.6) is 23.0 Å². The summed E-state index contributed by atoms with van der Waals surface area (Å²) >= 11 is 0. The molecule has 2 N–H and O–H groups in total. The normalized spacial score (nSPS) is 10.7. The van der Waals surface area contributed by atoms with Crippen LogP contribution in [0.25, 0.3) is 0 Å². The van der Waals surface area contributed by atoms with Crippen molar-refractivity contribution < 1.29 is 29.3 Å². The molecule has 0 heterocycles. The molecule has 0 fully saturated rings. The quantitative estimate of drug-likeness (QED) is 0.589. The van der Waals surface area contributed by atoms with Gasteiger partial charge in [0.2, 0.25) is 0 Å². The molecule has 2 aromatic rings. The lowest BCUT2D eigenvalue weighted by atomic mass is 10.1. The molecule has 150 valence electrons. The summed E-state index contributed by atoms with van der Waals surface area (Å²) in [5.74, 6) is 0.362. The van der Waals surface area contributed by atoms with Gasteiger partial charge in [-0.15, -0.1) is 0 Å². The molecule has 0 bridgehead atoms. The summed E-state index contributed by atoms with van der Waals surface area (Å²) in [5, 5.41) is 19.6. The minimum absolute atomic E-state index is 0.0844. The largest absolute Gasteiger partial charge is 0.507 e. The fraction of sp³-hybridized carbons (Fsp3) is 0.364. The minimum atomic E-state index is -0.248. The second kappa shape index (κ2) is 9.78. The Bertz CT molecular complexity index is 773. The third-order valence-corrected chi connectivity index (χ3v) is 4.45. The first-order valence-electron chi connectivity index (χ1n) is 9.22. The molecule has 28 heavy (non-hydrogen) atoms. The van der Waals surface area contributed by atoms with Gasteiger partial charge in [0, 0.05) is 0 Å². The summed E-state index contributed by atoms with van der Waals surface area (Å²) in [6.45, 7) is 5.62. The third-order valence-electron chi connectivity index (χ3n) is 4.45. The number of hydrogen-bond donors (Lipinski definition) is 2. The van der Waals surface area contributed by atoms with Gasteiger partial charge < -0.3 is 19.7 Å². The van der Waals surface area contributed by atoms with Gasteiger partial charge in [-0.25, -0.2) is 0 Å². The molecule has 0 saturated heterocycles. The average Bonchev–Trinajstić information content (AvgIpc) is 2.61. The van der Waals surface area contributed by atoms with Crippen LogP contribution in [-0.4, -0.2) is 35.0 Å². The molecule has 2 aromatic carbocycles. The van der Waals surface area contributed by atoms with E-state index in [1.807, 2.05) is 0 Å². The summed E-state index contributed by atoms with van der Waals surface area (Å²) in [6.07, 6.45) is 1.46. The smallest absolute Gasteiger partial charge is 0.167 e. The number of phenolic OH excluding ortho intramolecular Hbond substituents is 2. The lowest BCUT2D eigenvalue weighted by Crippen LogP contribution is -2.10. The van der Waals surface area contributed by atoms with Crippen molar-refractivity contribution in [1.82, 2.24) is 0 Å². The number of ketones is 2. The maximum Gasteiger partial charge on any atom is 0.167 e. The number of Topliss-reactive ketones (excluding diaryl/α,β-unsaturated/α-hetero) is 2. The van der Waals surface area contributed by atoms with Gasteiger partial charge in [-0.1, -0.05) is 19.1 Å². The Labute approximate surface area is 164 Å². The number of carbonyl (C=O) groups is 2. The van der Waals surface area contributed by atoms with E-state index in [-0.39, 0.29) is 40.1 Å². The van der Waals surface area contributed by atoms with E-state index < -0.39 is 0 Å². The lowest BCUT2D eigenvalue weighted by molar-refractivity contribution is 0.0997. The number of aromatic hydroxyl groups is 2. The van der Waals surface area contributed by atoms with Crippen molar-refractivity contribution in [3.8, 4) is 23.0 Å². The Hall–Kier alpha value is -3.02. The first-order chi connectivity index (χ1) is 13.3. The standard InChI is InChI=1S/C22H26O6/c1-14(10-12-27-19-8-4-6-17(25)21(19)15(2)23)11-13-28-20-9-5-7-18(26)22(20)16(3)24/h4-9,14,25-26H,10-13H2,1-3H3. The molecule has 0 unspecified atom stereocenters. The van der Waals surface area contributed by atoms with Crippen molar-refractivity contribution in [1.29, 1.82) is 0 Å². The van der Waals surface area contributed by atoms with E-state index in [2.05, 4.69) is 6.92 Å². The summed E-state index contributed by atoms with van der Waals surface area (Å²) < 4.78 is 11.4. The predicted octanol–water partition coefficient (Wildman–Crippen LogP) is 4.38. The number of carbonyl (C=O) groups excluding carboxylic acids is 2. The molecule has 0 aromatic heterocycles. The molecule has 0 aliphatic rings. The molecular formula is C22H26O6. The molecule has 2 rings (SSSR count). The number of benzene rings is 2. The van der Waals surface area contributed by atoms with Crippen molar-refractivity contribution in [2.45, 2.75) is 33.6 Å². The van der Waals surface area contributed by atoms with Gasteiger partial charge in [-0.05, 0) is 56.9 Å². The first kappa shape index (κ1) is 21.3. The van der Waals surface area contributed by atoms with E-state index in [9.17, 15) is 19.8 Å². The maximum absolute atomic E-state index is 11.7. The van der Waals surface area contributed by atoms with E-state index in [0.717, 1.165) is 12.8 Å². The fourth-order valence-electron chi connectivity index (χ4n) is 2.87. The van der Waals surface area contributed by atoms with E-state index in [4.69, 9.17) is 9.47 Å². The summed E-state index contributed by atoms with van der Waals surface area (Å²) in [7, 11) is 0. The van der Waals surface area contributed by atoms with Crippen LogP contribution in [0, 0.1) is 5.92 Å². The van der Waals surface area contributed by atoms with Crippen molar-refractivity contribution in [3.05, 3.63) is 47.5 Å². The maximum atomic E-state index is 11.7. The Kier molecular flexibility index (Phi) is 7.44. The van der Waals surface area contributed by atoms with Crippen LogP contribution in [0.15, 0.2) is 36.4 Å². The van der Waals surface area contributed by atoms with Crippen molar-refractivity contribution in [2.75, 3.05) is 13.2 Å². The van der Waals surface area contributed by atoms with Gasteiger partial charge in [-0.3, -0.25) is 9.59 Å². The molecule has 0 spiro atoms. The van der Waals surface area contributed by atoms with Gasteiger partial charge >= 0.3 is 0 Å². The zero-order chi connectivity index (χ0) is 20.7. The highest BCUT2D eigenvalue weighted by atomic mass is 16.5. The SMILES string of the molecule is CC(=O)c1c(O)cccc1OCCC(C)CCOc1cccc(O)c1C(C)=O. The molecule has 0 aliphatic heterocycles. The highest BCUT2D eigenvalue weighted by molar-refractivity contribution is 6.00. The van der Waals surface area contributed by atoms with E-state index in [1.54, 1.807) is 24.3 Å².